The van der Waals surface area contributed by atoms with Gasteiger partial charge in [-0.05, 0) is 32.6 Å². The molecule has 0 aromatic carbocycles. The van der Waals surface area contributed by atoms with Gasteiger partial charge in [0, 0.05) is 26.6 Å². The second-order valence-corrected chi connectivity index (χ2v) is 4.83. The lowest BCUT2D eigenvalue weighted by Crippen LogP contribution is -2.31. The molecular weight excluding hydrogens is 216 g/mol. The Morgan fingerprint density at radius 3 is 2.94 bits per heavy atom. The Morgan fingerprint density at radius 2 is 2.35 bits per heavy atom. The van der Waals surface area contributed by atoms with Crippen molar-refractivity contribution >= 4 is 5.91 Å². The maximum atomic E-state index is 11.8. The number of rotatable bonds is 5. The molecule has 1 aliphatic rings. The molecule has 1 heterocycles. The quantitative estimate of drug-likeness (QED) is 0.735. The van der Waals surface area contributed by atoms with E-state index in [1.54, 1.807) is 11.9 Å². The van der Waals surface area contributed by atoms with Crippen LogP contribution >= 0.6 is 0 Å². The second-order valence-electron chi connectivity index (χ2n) is 4.83. The van der Waals surface area contributed by atoms with E-state index in [-0.39, 0.29) is 17.9 Å². The zero-order valence-corrected chi connectivity index (χ0v) is 10.8. The van der Waals surface area contributed by atoms with Crippen LogP contribution in [0, 0.1) is 17.2 Å². The van der Waals surface area contributed by atoms with Crippen molar-refractivity contribution in [3.63, 3.8) is 0 Å². The minimum absolute atomic E-state index is 0.102. The Kier molecular flexibility index (Phi) is 5.99. The fourth-order valence-corrected chi connectivity index (χ4v) is 2.06. The summed E-state index contributed by atoms with van der Waals surface area (Å²) in [7, 11) is 1.76. The molecule has 0 spiro atoms. The van der Waals surface area contributed by atoms with Crippen LogP contribution in [0.1, 0.15) is 39.0 Å². The van der Waals surface area contributed by atoms with Crippen LogP contribution in [-0.4, -0.2) is 37.1 Å². The zero-order valence-electron chi connectivity index (χ0n) is 10.8. The van der Waals surface area contributed by atoms with Crippen LogP contribution in [0.3, 0.4) is 0 Å². The number of hydrogen-bond acceptors (Lipinski definition) is 3. The highest BCUT2D eigenvalue weighted by Crippen LogP contribution is 2.17. The summed E-state index contributed by atoms with van der Waals surface area (Å²) in [6.45, 7) is 3.18. The molecule has 0 N–H and O–H groups in total. The molecule has 4 heteroatoms. The summed E-state index contributed by atoms with van der Waals surface area (Å²) in [4.78, 5) is 13.4. The third-order valence-electron chi connectivity index (χ3n) is 3.15. The van der Waals surface area contributed by atoms with Crippen LogP contribution in [0.15, 0.2) is 0 Å². The molecule has 1 saturated heterocycles. The molecule has 0 radical (unpaired) electrons. The Labute approximate surface area is 104 Å². The van der Waals surface area contributed by atoms with Crippen molar-refractivity contribution in [1.82, 2.24) is 4.90 Å². The number of ether oxygens (including phenoxy) is 1. The van der Waals surface area contributed by atoms with Crippen molar-refractivity contribution in [2.75, 3.05) is 20.2 Å². The molecule has 4 nitrogen and oxygen atoms in total. The molecule has 0 saturated carbocycles. The van der Waals surface area contributed by atoms with Crippen molar-refractivity contribution in [2.45, 2.75) is 45.1 Å². The van der Waals surface area contributed by atoms with Gasteiger partial charge in [-0.2, -0.15) is 5.26 Å². The van der Waals surface area contributed by atoms with Crippen molar-refractivity contribution in [3.05, 3.63) is 0 Å². The van der Waals surface area contributed by atoms with Gasteiger partial charge in [-0.1, -0.05) is 0 Å². The molecule has 17 heavy (non-hydrogen) atoms. The Morgan fingerprint density at radius 1 is 1.59 bits per heavy atom. The molecular formula is C13H22N2O2. The molecule has 2 unspecified atom stereocenters. The van der Waals surface area contributed by atoms with E-state index in [9.17, 15) is 4.79 Å². The van der Waals surface area contributed by atoms with Crippen molar-refractivity contribution in [3.8, 4) is 6.07 Å². The van der Waals surface area contributed by atoms with Crippen LogP contribution in [0.2, 0.25) is 0 Å². The third kappa shape index (κ3) is 5.18. The number of carbonyl (C=O) groups excluding carboxylic acids is 1. The maximum absolute atomic E-state index is 11.8. The zero-order chi connectivity index (χ0) is 12.7. The van der Waals surface area contributed by atoms with Crippen LogP contribution in [0.5, 0.6) is 0 Å². The Bertz CT molecular complexity index is 280. The van der Waals surface area contributed by atoms with E-state index < -0.39 is 0 Å². The number of amides is 1. The SMILES string of the molecule is CC(C#N)CN(C)C(=O)CCC1CCCCO1. The van der Waals surface area contributed by atoms with Gasteiger partial charge in [0.2, 0.25) is 5.91 Å². The van der Waals surface area contributed by atoms with Gasteiger partial charge >= 0.3 is 0 Å². The summed E-state index contributed by atoms with van der Waals surface area (Å²) in [5.74, 6) is 0.0103. The summed E-state index contributed by atoms with van der Waals surface area (Å²) >= 11 is 0. The van der Waals surface area contributed by atoms with Gasteiger partial charge < -0.3 is 9.64 Å². The second kappa shape index (κ2) is 7.29. The molecule has 96 valence electrons. The molecule has 0 aromatic heterocycles. The van der Waals surface area contributed by atoms with Gasteiger partial charge in [0.15, 0.2) is 0 Å². The van der Waals surface area contributed by atoms with Gasteiger partial charge in [0.25, 0.3) is 0 Å². The predicted molar refractivity (Wildman–Crippen MR) is 65.2 cm³/mol. The van der Waals surface area contributed by atoms with Crippen LogP contribution < -0.4 is 0 Å². The minimum Gasteiger partial charge on any atom is -0.378 e. The van der Waals surface area contributed by atoms with Crippen molar-refractivity contribution < 1.29 is 9.53 Å². The Hall–Kier alpha value is -1.08. The molecule has 1 amide bonds. The molecule has 0 bridgehead atoms. The topological polar surface area (TPSA) is 53.3 Å². The van der Waals surface area contributed by atoms with Crippen LogP contribution in [-0.2, 0) is 9.53 Å². The number of nitriles is 1. The average molecular weight is 238 g/mol. The molecule has 0 aliphatic carbocycles. The summed E-state index contributed by atoms with van der Waals surface area (Å²) in [6.07, 6.45) is 5.02. The number of carbonyl (C=O) groups is 1. The number of hydrogen-bond donors (Lipinski definition) is 0. The first-order valence-electron chi connectivity index (χ1n) is 6.38. The lowest BCUT2D eigenvalue weighted by molar-refractivity contribution is -0.131. The van der Waals surface area contributed by atoms with Crippen LogP contribution in [0.25, 0.3) is 0 Å². The van der Waals surface area contributed by atoms with Gasteiger partial charge in [-0.15, -0.1) is 0 Å². The summed E-state index contributed by atoms with van der Waals surface area (Å²) in [5, 5.41) is 8.69. The van der Waals surface area contributed by atoms with Gasteiger partial charge in [-0.25, -0.2) is 0 Å². The maximum Gasteiger partial charge on any atom is 0.222 e. The number of nitrogens with zero attached hydrogens (tertiary/aromatic N) is 2. The third-order valence-corrected chi connectivity index (χ3v) is 3.15. The minimum atomic E-state index is -0.102. The van der Waals surface area contributed by atoms with E-state index in [0.717, 1.165) is 25.9 Å². The van der Waals surface area contributed by atoms with E-state index in [2.05, 4.69) is 6.07 Å². The average Bonchev–Trinajstić information content (AvgIpc) is 2.36. The van der Waals surface area contributed by atoms with E-state index in [1.165, 1.54) is 6.42 Å². The predicted octanol–water partition coefficient (Wildman–Crippen LogP) is 1.95. The standard InChI is InChI=1S/C13H22N2O2/c1-11(9-14)10-15(2)13(16)7-6-12-5-3-4-8-17-12/h11-12H,3-8,10H2,1-2H3. The largest absolute Gasteiger partial charge is 0.378 e. The summed E-state index contributed by atoms with van der Waals surface area (Å²) in [6, 6.07) is 2.14. The molecule has 2 atom stereocenters. The lowest BCUT2D eigenvalue weighted by atomic mass is 10.0. The highest BCUT2D eigenvalue weighted by molar-refractivity contribution is 5.75. The molecule has 1 fully saturated rings. The molecule has 0 aromatic rings. The Balaban J connectivity index is 2.21. The normalized spacial score (nSPS) is 21.6. The molecule has 1 aliphatic heterocycles. The highest BCUT2D eigenvalue weighted by Gasteiger charge is 2.17. The van der Waals surface area contributed by atoms with Crippen molar-refractivity contribution in [1.29, 1.82) is 5.26 Å². The van der Waals surface area contributed by atoms with E-state index in [1.807, 2.05) is 6.92 Å². The van der Waals surface area contributed by atoms with Gasteiger partial charge in [0.1, 0.15) is 0 Å². The smallest absolute Gasteiger partial charge is 0.222 e. The van der Waals surface area contributed by atoms with Gasteiger partial charge in [-0.3, -0.25) is 4.79 Å². The summed E-state index contributed by atoms with van der Waals surface area (Å²) < 4.78 is 5.59. The fraction of sp³-hybridized carbons (Fsp3) is 0.846. The monoisotopic (exact) mass is 238 g/mol. The van der Waals surface area contributed by atoms with E-state index in [4.69, 9.17) is 10.00 Å². The first-order chi connectivity index (χ1) is 8.13. The summed E-state index contributed by atoms with van der Waals surface area (Å²) in [5.41, 5.74) is 0. The first-order valence-corrected chi connectivity index (χ1v) is 6.38. The molecule has 1 rings (SSSR count). The van der Waals surface area contributed by atoms with Crippen molar-refractivity contribution in [2.24, 2.45) is 5.92 Å². The first kappa shape index (κ1) is 14.0. The fourth-order valence-electron chi connectivity index (χ4n) is 2.06. The van der Waals surface area contributed by atoms with Crippen LogP contribution in [0.4, 0.5) is 0 Å². The van der Waals surface area contributed by atoms with E-state index >= 15 is 0 Å². The highest BCUT2D eigenvalue weighted by atomic mass is 16.5. The lowest BCUT2D eigenvalue weighted by Gasteiger charge is -2.24. The van der Waals surface area contributed by atoms with Gasteiger partial charge in [0.05, 0.1) is 18.1 Å². The van der Waals surface area contributed by atoms with E-state index in [0.29, 0.717) is 13.0 Å².